The Morgan fingerprint density at radius 1 is 1.32 bits per heavy atom. The zero-order chi connectivity index (χ0) is 18.2. The van der Waals surface area contributed by atoms with Crippen molar-refractivity contribution in [3.8, 4) is 5.75 Å². The largest absolute Gasteiger partial charge is 0.573 e. The van der Waals surface area contributed by atoms with Gasteiger partial charge in [-0.3, -0.25) is 9.69 Å². The summed E-state index contributed by atoms with van der Waals surface area (Å²) in [5, 5.41) is 12.9. The molecule has 10 heteroatoms. The highest BCUT2D eigenvalue weighted by molar-refractivity contribution is 7.99. The second kappa shape index (κ2) is 6.41. The average molecular weight is 376 g/mol. The molecule has 2 saturated heterocycles. The normalized spacial score (nSPS) is 24.7. The minimum atomic E-state index is -4.80. The maximum absolute atomic E-state index is 12.5. The van der Waals surface area contributed by atoms with Crippen LogP contribution in [0.4, 0.5) is 18.0 Å². The van der Waals surface area contributed by atoms with Crippen LogP contribution in [0.15, 0.2) is 24.3 Å². The van der Waals surface area contributed by atoms with Gasteiger partial charge in [0.15, 0.2) is 0 Å². The lowest BCUT2D eigenvalue weighted by atomic mass is 9.99. The minimum Gasteiger partial charge on any atom is -0.406 e. The van der Waals surface area contributed by atoms with E-state index in [2.05, 4.69) is 10.1 Å². The second-order valence-electron chi connectivity index (χ2n) is 5.86. The number of hydrogen-bond acceptors (Lipinski definition) is 5. The first kappa shape index (κ1) is 17.9. The van der Waals surface area contributed by atoms with Crippen LogP contribution in [0.5, 0.6) is 5.75 Å². The van der Waals surface area contributed by atoms with Gasteiger partial charge in [-0.15, -0.1) is 13.2 Å². The molecule has 2 atom stereocenters. The number of aliphatic hydroxyl groups is 1. The molecule has 2 N–H and O–H groups in total. The quantitative estimate of drug-likeness (QED) is 0.787. The summed E-state index contributed by atoms with van der Waals surface area (Å²) in [5.74, 6) is 0.468. The number of thioether (sulfide) groups is 1. The number of nitrogens with zero attached hydrogens (tertiary/aromatic N) is 1. The predicted octanol–water partition coefficient (Wildman–Crippen LogP) is 2.05. The van der Waals surface area contributed by atoms with Crippen LogP contribution in [0.2, 0.25) is 0 Å². The first-order valence-corrected chi connectivity index (χ1v) is 8.61. The SMILES string of the molecule is O=C1NC2(CCSC2)C(=O)N1CC(O)c1ccc(OC(F)(F)F)cc1. The fourth-order valence-corrected chi connectivity index (χ4v) is 4.17. The molecule has 0 aliphatic carbocycles. The molecule has 1 aromatic carbocycles. The Kier molecular flexibility index (Phi) is 4.58. The Bertz CT molecular complexity index is 674. The highest BCUT2D eigenvalue weighted by Gasteiger charge is 2.53. The summed E-state index contributed by atoms with van der Waals surface area (Å²) in [6.45, 7) is -0.267. The van der Waals surface area contributed by atoms with Crippen LogP contribution in [-0.4, -0.2) is 51.9 Å². The summed E-state index contributed by atoms with van der Waals surface area (Å²) in [6, 6.07) is 4.07. The standard InChI is InChI=1S/C15H15F3N2O4S/c16-15(17,18)24-10-3-1-9(2-4-10)11(21)7-20-12(22)14(19-13(20)23)5-6-25-8-14/h1-4,11,21H,5-8H2,(H,19,23). The third kappa shape index (κ3) is 3.69. The fraction of sp³-hybridized carbons (Fsp3) is 0.467. The third-order valence-corrected chi connectivity index (χ3v) is 5.31. The predicted molar refractivity (Wildman–Crippen MR) is 83.0 cm³/mol. The molecule has 1 spiro atoms. The summed E-state index contributed by atoms with van der Waals surface area (Å²) in [6.07, 6.45) is -5.47. The third-order valence-electron chi connectivity index (χ3n) is 4.12. The van der Waals surface area contributed by atoms with Gasteiger partial charge in [0.1, 0.15) is 11.3 Å². The van der Waals surface area contributed by atoms with Crippen LogP contribution >= 0.6 is 11.8 Å². The molecule has 2 fully saturated rings. The summed E-state index contributed by atoms with van der Waals surface area (Å²) in [5.41, 5.74) is -0.622. The number of imide groups is 1. The molecule has 6 nitrogen and oxygen atoms in total. The van der Waals surface area contributed by atoms with E-state index < -0.39 is 29.8 Å². The van der Waals surface area contributed by atoms with Crippen molar-refractivity contribution in [3.05, 3.63) is 29.8 Å². The van der Waals surface area contributed by atoms with Gasteiger partial charge in [-0.05, 0) is 29.9 Å². The molecule has 2 aliphatic heterocycles. The molecular weight excluding hydrogens is 361 g/mol. The lowest BCUT2D eigenvalue weighted by Gasteiger charge is -2.21. The molecule has 3 rings (SSSR count). The van der Waals surface area contributed by atoms with Crippen molar-refractivity contribution >= 4 is 23.7 Å². The van der Waals surface area contributed by atoms with E-state index in [1.54, 1.807) is 11.8 Å². The number of benzene rings is 1. The van der Waals surface area contributed by atoms with Crippen LogP contribution in [0.3, 0.4) is 0 Å². The number of nitrogens with one attached hydrogen (secondary N) is 1. The number of carbonyl (C=O) groups excluding carboxylic acids is 2. The smallest absolute Gasteiger partial charge is 0.406 e. The summed E-state index contributed by atoms with van der Waals surface area (Å²) >= 11 is 1.57. The number of amides is 3. The van der Waals surface area contributed by atoms with E-state index in [0.29, 0.717) is 12.2 Å². The molecule has 2 aliphatic rings. The van der Waals surface area contributed by atoms with Gasteiger partial charge in [-0.2, -0.15) is 11.8 Å². The fourth-order valence-electron chi connectivity index (χ4n) is 2.84. The Balaban J connectivity index is 1.67. The van der Waals surface area contributed by atoms with E-state index >= 15 is 0 Å². The highest BCUT2D eigenvalue weighted by Crippen LogP contribution is 2.34. The molecular formula is C15H15F3N2O4S. The van der Waals surface area contributed by atoms with Crippen LogP contribution in [0, 0.1) is 0 Å². The number of aliphatic hydroxyl groups excluding tert-OH is 1. The molecule has 0 bridgehead atoms. The highest BCUT2D eigenvalue weighted by atomic mass is 32.2. The number of rotatable bonds is 4. The number of carbonyl (C=O) groups is 2. The van der Waals surface area contributed by atoms with Gasteiger partial charge < -0.3 is 15.2 Å². The summed E-state index contributed by atoms with van der Waals surface area (Å²) in [4.78, 5) is 25.5. The van der Waals surface area contributed by atoms with Crippen LogP contribution in [-0.2, 0) is 4.79 Å². The van der Waals surface area contributed by atoms with Gasteiger partial charge in [-0.1, -0.05) is 12.1 Å². The van der Waals surface area contributed by atoms with E-state index in [1.807, 2.05) is 0 Å². The molecule has 25 heavy (non-hydrogen) atoms. The molecule has 3 amide bonds. The Morgan fingerprint density at radius 3 is 2.56 bits per heavy atom. The van der Waals surface area contributed by atoms with Crippen molar-refractivity contribution in [2.45, 2.75) is 24.4 Å². The van der Waals surface area contributed by atoms with E-state index in [1.165, 1.54) is 12.1 Å². The maximum Gasteiger partial charge on any atom is 0.573 e. The van der Waals surface area contributed by atoms with Crippen LogP contribution in [0.1, 0.15) is 18.1 Å². The Morgan fingerprint density at radius 2 is 2.00 bits per heavy atom. The lowest BCUT2D eigenvalue weighted by Crippen LogP contribution is -2.47. The van der Waals surface area contributed by atoms with Gasteiger partial charge in [-0.25, -0.2) is 4.79 Å². The van der Waals surface area contributed by atoms with E-state index in [-0.39, 0.29) is 18.0 Å². The second-order valence-corrected chi connectivity index (χ2v) is 6.97. The Labute approximate surface area is 145 Å². The number of alkyl halides is 3. The zero-order valence-electron chi connectivity index (χ0n) is 12.9. The molecule has 2 unspecified atom stereocenters. The molecule has 136 valence electrons. The molecule has 0 radical (unpaired) electrons. The Hall–Kier alpha value is -1.94. The number of urea groups is 1. The van der Waals surface area contributed by atoms with Crippen molar-refractivity contribution in [1.82, 2.24) is 10.2 Å². The van der Waals surface area contributed by atoms with Crippen molar-refractivity contribution in [3.63, 3.8) is 0 Å². The van der Waals surface area contributed by atoms with Crippen molar-refractivity contribution in [1.29, 1.82) is 0 Å². The molecule has 1 aromatic rings. The first-order chi connectivity index (χ1) is 11.7. The monoisotopic (exact) mass is 376 g/mol. The van der Waals surface area contributed by atoms with Crippen molar-refractivity contribution in [2.24, 2.45) is 0 Å². The van der Waals surface area contributed by atoms with Crippen molar-refractivity contribution in [2.75, 3.05) is 18.1 Å². The first-order valence-electron chi connectivity index (χ1n) is 7.46. The molecule has 2 heterocycles. The number of hydrogen-bond donors (Lipinski definition) is 2. The summed E-state index contributed by atoms with van der Waals surface area (Å²) in [7, 11) is 0. The van der Waals surface area contributed by atoms with E-state index in [4.69, 9.17) is 0 Å². The number of halogens is 3. The van der Waals surface area contributed by atoms with Gasteiger partial charge in [0.05, 0.1) is 12.6 Å². The average Bonchev–Trinajstić information content (AvgIpc) is 3.08. The van der Waals surface area contributed by atoms with Crippen LogP contribution < -0.4 is 10.1 Å². The topological polar surface area (TPSA) is 78.9 Å². The summed E-state index contributed by atoms with van der Waals surface area (Å²) < 4.78 is 40.2. The van der Waals surface area contributed by atoms with E-state index in [9.17, 15) is 27.9 Å². The zero-order valence-corrected chi connectivity index (χ0v) is 13.7. The lowest BCUT2D eigenvalue weighted by molar-refractivity contribution is -0.274. The molecule has 0 aromatic heterocycles. The number of ether oxygens (including phenoxy) is 1. The van der Waals surface area contributed by atoms with Gasteiger partial charge in [0.2, 0.25) is 0 Å². The van der Waals surface area contributed by atoms with Gasteiger partial charge in [0.25, 0.3) is 5.91 Å². The molecule has 0 saturated carbocycles. The van der Waals surface area contributed by atoms with Crippen LogP contribution in [0.25, 0.3) is 0 Å². The van der Waals surface area contributed by atoms with Crippen molar-refractivity contribution < 1.29 is 32.6 Å². The van der Waals surface area contributed by atoms with Gasteiger partial charge in [0, 0.05) is 5.75 Å². The van der Waals surface area contributed by atoms with Gasteiger partial charge >= 0.3 is 12.4 Å². The van der Waals surface area contributed by atoms with E-state index in [0.717, 1.165) is 22.8 Å². The maximum atomic E-state index is 12.5. The minimum absolute atomic E-state index is 0.267. The number of β-amino-alcohol motifs (C(OH)–C–C–N with tert-alkyl or cyclic N) is 1.